The van der Waals surface area contributed by atoms with Crippen molar-refractivity contribution < 1.29 is 39.9 Å². The molecule has 3 aliphatic rings. The van der Waals surface area contributed by atoms with Gasteiger partial charge < -0.3 is 31.3 Å². The van der Waals surface area contributed by atoms with E-state index in [1.165, 1.54) is 37.2 Å². The topological polar surface area (TPSA) is 182 Å². The maximum absolute atomic E-state index is 13.5. The van der Waals surface area contributed by atoms with Gasteiger partial charge in [0.15, 0.2) is 11.4 Å². The molecule has 1 aromatic carbocycles. The molecular formula is C21H22N2O8. The van der Waals surface area contributed by atoms with Crippen LogP contribution in [0.1, 0.15) is 23.7 Å². The minimum Gasteiger partial charge on any atom is -0.508 e. The molecule has 7 N–H and O–H groups in total. The molecular weight excluding hydrogens is 408 g/mol. The summed E-state index contributed by atoms with van der Waals surface area (Å²) in [6.07, 6.45) is -1.51. The number of phenols is 1. The van der Waals surface area contributed by atoms with Gasteiger partial charge in [0.2, 0.25) is 5.78 Å². The first kappa shape index (κ1) is 21.0. The van der Waals surface area contributed by atoms with Crippen molar-refractivity contribution in [3.8, 4) is 5.75 Å². The highest BCUT2D eigenvalue weighted by Crippen LogP contribution is 2.55. The van der Waals surface area contributed by atoms with E-state index in [0.29, 0.717) is 0 Å². The molecule has 3 aliphatic carbocycles. The number of nitrogens with zero attached hydrogens (tertiary/aromatic N) is 1. The number of carbonyl (C=O) groups is 3. The van der Waals surface area contributed by atoms with E-state index in [0.717, 1.165) is 0 Å². The molecule has 10 heteroatoms. The Kier molecular flexibility index (Phi) is 4.51. The summed E-state index contributed by atoms with van der Waals surface area (Å²) in [5.74, 6) is -7.79. The average molecular weight is 430 g/mol. The summed E-state index contributed by atoms with van der Waals surface area (Å²) in [7, 11) is 3.00. The van der Waals surface area contributed by atoms with E-state index in [-0.39, 0.29) is 23.3 Å². The van der Waals surface area contributed by atoms with Crippen LogP contribution in [0.3, 0.4) is 0 Å². The molecule has 5 atom stereocenters. The molecule has 164 valence electrons. The van der Waals surface area contributed by atoms with Gasteiger partial charge in [0.05, 0.1) is 17.7 Å². The Morgan fingerprint density at radius 3 is 2.42 bits per heavy atom. The number of carbonyl (C=O) groups excluding carboxylic acids is 3. The van der Waals surface area contributed by atoms with Crippen LogP contribution >= 0.6 is 0 Å². The first-order chi connectivity index (χ1) is 14.4. The molecule has 0 saturated heterocycles. The number of hydrogen-bond acceptors (Lipinski definition) is 9. The number of nitrogens with two attached hydrogens (primary N) is 1. The van der Waals surface area contributed by atoms with E-state index in [1.54, 1.807) is 0 Å². The molecule has 31 heavy (non-hydrogen) atoms. The van der Waals surface area contributed by atoms with Crippen LogP contribution in [0.5, 0.6) is 5.75 Å². The van der Waals surface area contributed by atoms with E-state index in [4.69, 9.17) is 5.73 Å². The van der Waals surface area contributed by atoms with Crippen molar-refractivity contribution in [3.05, 3.63) is 46.2 Å². The van der Waals surface area contributed by atoms with Gasteiger partial charge >= 0.3 is 0 Å². The normalized spacial score (nSPS) is 32.7. The molecule has 0 spiro atoms. The molecule has 0 aliphatic heterocycles. The Balaban J connectivity index is 2.01. The summed E-state index contributed by atoms with van der Waals surface area (Å²) in [5, 5.41) is 54.1. The van der Waals surface area contributed by atoms with Crippen LogP contribution in [0.25, 0.3) is 5.76 Å². The predicted molar refractivity (Wildman–Crippen MR) is 106 cm³/mol. The molecule has 0 aromatic heterocycles. The number of phenolic OH excluding ortho intramolecular Hbond substituents is 1. The zero-order chi connectivity index (χ0) is 23.0. The number of aliphatic hydroxyl groups is 4. The van der Waals surface area contributed by atoms with Crippen LogP contribution in [0, 0.1) is 11.8 Å². The third-order valence-electron chi connectivity index (χ3n) is 6.57. The largest absolute Gasteiger partial charge is 0.508 e. The monoisotopic (exact) mass is 430 g/mol. The van der Waals surface area contributed by atoms with Gasteiger partial charge in [-0.1, -0.05) is 12.1 Å². The van der Waals surface area contributed by atoms with Crippen molar-refractivity contribution in [2.24, 2.45) is 17.6 Å². The number of likely N-dealkylation sites (N-methyl/N-ethyl adjacent to an activating group) is 1. The number of hydrogen-bond donors (Lipinski definition) is 6. The molecule has 0 bridgehead atoms. The third-order valence-corrected chi connectivity index (χ3v) is 6.57. The zero-order valence-corrected chi connectivity index (χ0v) is 16.7. The van der Waals surface area contributed by atoms with Crippen LogP contribution < -0.4 is 5.73 Å². The number of amides is 1. The van der Waals surface area contributed by atoms with E-state index in [2.05, 4.69) is 0 Å². The second-order valence-electron chi connectivity index (χ2n) is 8.35. The second kappa shape index (κ2) is 6.64. The number of rotatable bonds is 2. The minimum absolute atomic E-state index is 0.161. The van der Waals surface area contributed by atoms with E-state index < -0.39 is 69.7 Å². The maximum atomic E-state index is 13.5. The van der Waals surface area contributed by atoms with Crippen molar-refractivity contribution >= 4 is 23.2 Å². The van der Waals surface area contributed by atoms with Crippen molar-refractivity contribution in [1.29, 1.82) is 0 Å². The lowest BCUT2D eigenvalue weighted by Crippen LogP contribution is -2.66. The van der Waals surface area contributed by atoms with Crippen molar-refractivity contribution in [3.63, 3.8) is 0 Å². The predicted octanol–water partition coefficient (Wildman–Crippen LogP) is -0.545. The SMILES string of the molecule is CN(C)[C@@H]1C(=O)C(C(N)=O)=C(O)[C@@]2(O)C(=O)C3=C(O)c4c(O)cccc4C(O)[C@H]3C[C@@H]12. The molecule has 1 saturated carbocycles. The highest BCUT2D eigenvalue weighted by atomic mass is 16.3. The van der Waals surface area contributed by atoms with Crippen LogP contribution in [0.15, 0.2) is 35.1 Å². The van der Waals surface area contributed by atoms with Crippen LogP contribution in [-0.4, -0.2) is 73.6 Å². The lowest BCUT2D eigenvalue weighted by atomic mass is 9.57. The van der Waals surface area contributed by atoms with Gasteiger partial charge in [-0.2, -0.15) is 0 Å². The van der Waals surface area contributed by atoms with Crippen molar-refractivity contribution in [2.45, 2.75) is 24.2 Å². The summed E-state index contributed by atoms with van der Waals surface area (Å²) >= 11 is 0. The fourth-order valence-corrected chi connectivity index (χ4v) is 5.20. The molecule has 4 rings (SSSR count). The molecule has 0 heterocycles. The Labute approximate surface area is 176 Å². The Morgan fingerprint density at radius 1 is 1.19 bits per heavy atom. The number of Topliss-reactive ketones (excluding diaryl/α,β-unsaturated/α-hetero) is 2. The number of aliphatic hydroxyl groups excluding tert-OH is 3. The molecule has 10 nitrogen and oxygen atoms in total. The second-order valence-corrected chi connectivity index (χ2v) is 8.35. The van der Waals surface area contributed by atoms with Gasteiger partial charge in [0.25, 0.3) is 5.91 Å². The van der Waals surface area contributed by atoms with E-state index in [9.17, 15) is 39.9 Å². The van der Waals surface area contributed by atoms with Crippen LogP contribution in [0.4, 0.5) is 0 Å². The number of primary amides is 1. The minimum atomic E-state index is -2.73. The first-order valence-electron chi connectivity index (χ1n) is 9.59. The molecule has 1 fully saturated rings. The molecule has 1 aromatic rings. The summed E-state index contributed by atoms with van der Waals surface area (Å²) in [5.41, 5.74) is 1.26. The summed E-state index contributed by atoms with van der Waals surface area (Å²) in [4.78, 5) is 39.7. The summed E-state index contributed by atoms with van der Waals surface area (Å²) < 4.78 is 0. The highest BCUT2D eigenvalue weighted by Gasteiger charge is 2.65. The zero-order valence-electron chi connectivity index (χ0n) is 16.7. The quantitative estimate of drug-likeness (QED) is 0.336. The number of fused-ring (bicyclic) bond motifs is 3. The Bertz CT molecular complexity index is 1100. The highest BCUT2D eigenvalue weighted by molar-refractivity contribution is 6.24. The van der Waals surface area contributed by atoms with E-state index in [1.807, 2.05) is 0 Å². The van der Waals surface area contributed by atoms with E-state index >= 15 is 0 Å². The molecule has 1 amide bonds. The maximum Gasteiger partial charge on any atom is 0.255 e. The first-order valence-corrected chi connectivity index (χ1v) is 9.59. The van der Waals surface area contributed by atoms with Gasteiger partial charge in [-0.3, -0.25) is 19.3 Å². The smallest absolute Gasteiger partial charge is 0.255 e. The standard InChI is InChI=1S/C21H22N2O8/c1-23(2)14-9-6-8-12(16(26)11-7(15(8)25)4-3-5-10(11)24)18(28)21(9,31)19(29)13(17(14)27)20(22)30/h3-5,8-9,14-15,24-26,29,31H,6H2,1-2H3,(H2,22,30)/t8-,9-,14-,15?,21-/m0/s1. The van der Waals surface area contributed by atoms with Gasteiger partial charge in [-0.25, -0.2) is 0 Å². The summed E-state index contributed by atoms with van der Waals surface area (Å²) in [6, 6.07) is 3.01. The lowest BCUT2D eigenvalue weighted by Gasteiger charge is -2.51. The molecule has 0 radical (unpaired) electrons. The lowest BCUT2D eigenvalue weighted by molar-refractivity contribution is -0.155. The van der Waals surface area contributed by atoms with Crippen molar-refractivity contribution in [1.82, 2.24) is 4.90 Å². The number of aromatic hydroxyl groups is 1. The average Bonchev–Trinajstić information content (AvgIpc) is 2.68. The van der Waals surface area contributed by atoms with Crippen molar-refractivity contribution in [2.75, 3.05) is 14.1 Å². The third kappa shape index (κ3) is 2.52. The fraction of sp³-hybridized carbons (Fsp3) is 0.381. The number of benzene rings is 1. The Hall–Kier alpha value is -3.21. The number of ketones is 2. The molecule has 1 unspecified atom stereocenters. The summed E-state index contributed by atoms with van der Waals surface area (Å²) in [6.45, 7) is 0. The van der Waals surface area contributed by atoms with Gasteiger partial charge in [0.1, 0.15) is 22.8 Å². The Morgan fingerprint density at radius 2 is 1.84 bits per heavy atom. The van der Waals surface area contributed by atoms with Gasteiger partial charge in [-0.15, -0.1) is 0 Å². The fourth-order valence-electron chi connectivity index (χ4n) is 5.20. The van der Waals surface area contributed by atoms with Crippen LogP contribution in [0.2, 0.25) is 0 Å². The van der Waals surface area contributed by atoms with Gasteiger partial charge in [0, 0.05) is 17.4 Å². The van der Waals surface area contributed by atoms with Crippen LogP contribution in [-0.2, 0) is 14.4 Å². The van der Waals surface area contributed by atoms with Gasteiger partial charge in [-0.05, 0) is 32.1 Å².